The molecule has 40 heavy (non-hydrogen) atoms. The van der Waals surface area contributed by atoms with Gasteiger partial charge in [-0.3, -0.25) is 14.3 Å². The van der Waals surface area contributed by atoms with Gasteiger partial charge in [-0.15, -0.1) is 0 Å². The lowest BCUT2D eigenvalue weighted by Gasteiger charge is -2.27. The predicted molar refractivity (Wildman–Crippen MR) is 135 cm³/mol. The highest BCUT2D eigenvalue weighted by Gasteiger charge is 2.59. The van der Waals surface area contributed by atoms with Gasteiger partial charge in [0.05, 0.1) is 28.0 Å². The van der Waals surface area contributed by atoms with Gasteiger partial charge in [-0.1, -0.05) is 11.6 Å². The third-order valence-corrected chi connectivity index (χ3v) is 7.47. The zero-order valence-corrected chi connectivity index (χ0v) is 21.9. The van der Waals surface area contributed by atoms with Crippen molar-refractivity contribution >= 4 is 29.1 Å². The Morgan fingerprint density at radius 2 is 1.82 bits per heavy atom. The summed E-state index contributed by atoms with van der Waals surface area (Å²) in [5.74, 6) is -4.51. The van der Waals surface area contributed by atoms with Crippen molar-refractivity contribution in [1.82, 2.24) is 24.6 Å². The summed E-state index contributed by atoms with van der Waals surface area (Å²) in [4.78, 5) is 29.5. The number of alkyl halides is 5. The van der Waals surface area contributed by atoms with Crippen molar-refractivity contribution in [1.29, 1.82) is 0 Å². The number of nitrogens with zero attached hydrogens (tertiary/aromatic N) is 4. The number of aromatic nitrogens is 4. The molecule has 3 aromatic rings. The molecule has 2 aromatic heterocycles. The van der Waals surface area contributed by atoms with E-state index in [4.69, 9.17) is 17.3 Å². The second-order valence-electron chi connectivity index (χ2n) is 10.1. The Hall–Kier alpha value is -3.52. The number of carbonyl (C=O) groups is 2. The standard InChI is InChI=1S/C25H25ClF5N7O2/c1-37-18(16-11-38(19-9-24(19,27)28)36-20(16)25(29,30)31)10-33-21(37)23(40)35-14-6-7-15(17(26)8-14)22(39)34-13-4-2-12(32)3-5-13/h6-8,10-13,19H,2-5,9,32H2,1H3,(H,34,39)(H,35,40). The first-order valence-corrected chi connectivity index (χ1v) is 12.9. The Bertz CT molecular complexity index is 1460. The Kier molecular flexibility index (Phi) is 7.11. The molecule has 1 unspecified atom stereocenters. The van der Waals surface area contributed by atoms with Gasteiger partial charge in [0, 0.05) is 37.4 Å². The molecule has 0 bridgehead atoms. The van der Waals surface area contributed by atoms with Gasteiger partial charge in [0.2, 0.25) is 0 Å². The van der Waals surface area contributed by atoms with Crippen molar-refractivity contribution in [3.63, 3.8) is 0 Å². The topological polar surface area (TPSA) is 120 Å². The summed E-state index contributed by atoms with van der Waals surface area (Å²) in [6.07, 6.45) is -0.447. The molecule has 0 aliphatic heterocycles. The van der Waals surface area contributed by atoms with Gasteiger partial charge in [-0.05, 0) is 43.9 Å². The lowest BCUT2D eigenvalue weighted by Crippen LogP contribution is -2.40. The molecule has 4 N–H and O–H groups in total. The summed E-state index contributed by atoms with van der Waals surface area (Å²) < 4.78 is 69.7. The van der Waals surface area contributed by atoms with Crippen LogP contribution in [0.15, 0.2) is 30.6 Å². The smallest absolute Gasteiger partial charge is 0.349 e. The SMILES string of the molecule is Cn1c(-c2cn(C3CC3(F)F)nc2C(F)(F)F)cnc1C(=O)Nc1ccc(C(=O)NC2CCC(N)CC2)c(Cl)c1. The molecule has 2 saturated carbocycles. The van der Waals surface area contributed by atoms with E-state index in [1.807, 2.05) is 0 Å². The number of nitrogens with one attached hydrogen (secondary N) is 2. The Morgan fingerprint density at radius 1 is 1.15 bits per heavy atom. The average Bonchev–Trinajstić information content (AvgIpc) is 3.18. The quantitative estimate of drug-likeness (QED) is 0.360. The van der Waals surface area contributed by atoms with Crippen molar-refractivity contribution < 1.29 is 31.5 Å². The Labute approximate surface area is 229 Å². The van der Waals surface area contributed by atoms with Gasteiger partial charge in [0.25, 0.3) is 17.7 Å². The average molecular weight is 586 g/mol. The lowest BCUT2D eigenvalue weighted by atomic mass is 9.91. The number of carbonyl (C=O) groups excluding carboxylic acids is 2. The van der Waals surface area contributed by atoms with Crippen LogP contribution < -0.4 is 16.4 Å². The van der Waals surface area contributed by atoms with Crippen LogP contribution in [0.1, 0.15) is 64.8 Å². The van der Waals surface area contributed by atoms with Gasteiger partial charge in [-0.2, -0.15) is 18.3 Å². The van der Waals surface area contributed by atoms with E-state index >= 15 is 0 Å². The minimum Gasteiger partial charge on any atom is -0.349 e. The second kappa shape index (κ2) is 10.1. The van der Waals surface area contributed by atoms with Crippen LogP contribution in [-0.2, 0) is 13.2 Å². The first-order valence-electron chi connectivity index (χ1n) is 12.5. The normalized spacial score (nSPS) is 22.1. The summed E-state index contributed by atoms with van der Waals surface area (Å²) in [6.45, 7) is 0. The van der Waals surface area contributed by atoms with Crippen LogP contribution in [0.2, 0.25) is 5.02 Å². The Morgan fingerprint density at radius 3 is 2.42 bits per heavy atom. The number of anilines is 1. The first kappa shape index (κ1) is 28.0. The number of rotatable bonds is 6. The maximum absolute atomic E-state index is 13.7. The van der Waals surface area contributed by atoms with E-state index < -0.39 is 41.7 Å². The van der Waals surface area contributed by atoms with Gasteiger partial charge in [-0.25, -0.2) is 13.8 Å². The van der Waals surface area contributed by atoms with E-state index in [1.54, 1.807) is 0 Å². The van der Waals surface area contributed by atoms with E-state index in [0.717, 1.165) is 42.6 Å². The molecule has 15 heteroatoms. The molecule has 2 amide bonds. The minimum absolute atomic E-state index is 0.00825. The fourth-order valence-corrected chi connectivity index (χ4v) is 5.06. The van der Waals surface area contributed by atoms with Crippen molar-refractivity contribution in [2.24, 2.45) is 12.8 Å². The van der Waals surface area contributed by atoms with E-state index in [9.17, 15) is 31.5 Å². The highest BCUT2D eigenvalue weighted by atomic mass is 35.5. The number of hydrogen-bond acceptors (Lipinski definition) is 5. The van der Waals surface area contributed by atoms with Crippen LogP contribution in [0, 0.1) is 0 Å². The summed E-state index contributed by atoms with van der Waals surface area (Å²) in [5, 5.41) is 8.94. The number of benzene rings is 1. The monoisotopic (exact) mass is 585 g/mol. The van der Waals surface area contributed by atoms with Gasteiger partial charge < -0.3 is 20.9 Å². The van der Waals surface area contributed by atoms with E-state index in [-0.39, 0.29) is 45.8 Å². The zero-order valence-electron chi connectivity index (χ0n) is 21.1. The molecule has 2 aliphatic rings. The maximum Gasteiger partial charge on any atom is 0.435 e. The molecular formula is C25H25ClF5N7O2. The van der Waals surface area contributed by atoms with Crippen molar-refractivity contribution in [3.8, 4) is 11.3 Å². The second-order valence-corrected chi connectivity index (χ2v) is 10.5. The molecule has 0 saturated heterocycles. The van der Waals surface area contributed by atoms with Crippen LogP contribution >= 0.6 is 11.6 Å². The number of halogens is 6. The summed E-state index contributed by atoms with van der Waals surface area (Å²) in [5.41, 5.74) is 4.36. The lowest BCUT2D eigenvalue weighted by molar-refractivity contribution is -0.141. The summed E-state index contributed by atoms with van der Waals surface area (Å²) in [6, 6.07) is 2.94. The van der Waals surface area contributed by atoms with Gasteiger partial charge in [0.15, 0.2) is 11.5 Å². The number of imidazole rings is 1. The van der Waals surface area contributed by atoms with Crippen molar-refractivity contribution in [2.75, 3.05) is 5.32 Å². The first-order chi connectivity index (χ1) is 18.7. The molecule has 214 valence electrons. The molecule has 2 heterocycles. The van der Waals surface area contributed by atoms with Crippen LogP contribution in [-0.4, -0.2) is 49.2 Å². The van der Waals surface area contributed by atoms with E-state index in [0.29, 0.717) is 4.68 Å². The minimum atomic E-state index is -4.92. The molecule has 1 atom stereocenters. The fraction of sp³-hybridized carbons (Fsp3) is 0.440. The number of amides is 2. The van der Waals surface area contributed by atoms with Crippen LogP contribution in [0.3, 0.4) is 0 Å². The van der Waals surface area contributed by atoms with Crippen LogP contribution in [0.25, 0.3) is 11.3 Å². The zero-order chi connectivity index (χ0) is 29.0. The maximum atomic E-state index is 13.7. The van der Waals surface area contributed by atoms with Gasteiger partial charge >= 0.3 is 6.18 Å². The van der Waals surface area contributed by atoms with Crippen LogP contribution in [0.5, 0.6) is 0 Å². The highest BCUT2D eigenvalue weighted by Crippen LogP contribution is 2.53. The summed E-state index contributed by atoms with van der Waals surface area (Å²) in [7, 11) is 1.32. The number of hydrogen-bond donors (Lipinski definition) is 3. The molecular weight excluding hydrogens is 561 g/mol. The van der Waals surface area contributed by atoms with Crippen LogP contribution in [0.4, 0.5) is 27.6 Å². The molecule has 0 spiro atoms. The molecule has 2 aliphatic carbocycles. The molecule has 5 rings (SSSR count). The molecule has 2 fully saturated rings. The van der Waals surface area contributed by atoms with E-state index in [2.05, 4.69) is 20.7 Å². The van der Waals surface area contributed by atoms with Gasteiger partial charge in [0.1, 0.15) is 6.04 Å². The third kappa shape index (κ3) is 5.55. The highest BCUT2D eigenvalue weighted by molar-refractivity contribution is 6.34. The van der Waals surface area contributed by atoms with E-state index in [1.165, 1.54) is 25.2 Å². The fourth-order valence-electron chi connectivity index (χ4n) is 4.80. The number of nitrogens with two attached hydrogens (primary N) is 1. The van der Waals surface area contributed by atoms with Crippen molar-refractivity contribution in [2.45, 2.75) is 62.3 Å². The molecule has 0 radical (unpaired) electrons. The van der Waals surface area contributed by atoms with Crippen molar-refractivity contribution in [3.05, 3.63) is 52.7 Å². The molecule has 9 nitrogen and oxygen atoms in total. The largest absolute Gasteiger partial charge is 0.435 e. The predicted octanol–water partition coefficient (Wildman–Crippen LogP) is 4.79. The molecule has 1 aromatic carbocycles. The Balaban J connectivity index is 1.32. The third-order valence-electron chi connectivity index (χ3n) is 7.16. The summed E-state index contributed by atoms with van der Waals surface area (Å²) >= 11 is 6.30.